The van der Waals surface area contributed by atoms with Crippen molar-refractivity contribution in [3.05, 3.63) is 46.3 Å². The molecule has 0 aromatic carbocycles. The minimum atomic E-state index is -3.69. The van der Waals surface area contributed by atoms with Crippen molar-refractivity contribution < 1.29 is 8.42 Å². The van der Waals surface area contributed by atoms with Crippen molar-refractivity contribution >= 4 is 31.8 Å². The van der Waals surface area contributed by atoms with Crippen LogP contribution in [0.3, 0.4) is 0 Å². The molecule has 0 amide bonds. The normalized spacial score (nSPS) is 11.4. The van der Waals surface area contributed by atoms with Crippen LogP contribution in [0.25, 0.3) is 0 Å². The first-order valence-corrected chi connectivity index (χ1v) is 8.45. The van der Waals surface area contributed by atoms with Crippen molar-refractivity contribution in [2.45, 2.75) is 18.4 Å². The Hall–Kier alpha value is -1.51. The van der Waals surface area contributed by atoms with Crippen LogP contribution >= 0.6 is 15.9 Å². The lowest BCUT2D eigenvalue weighted by Gasteiger charge is -2.11. The molecule has 2 heterocycles. The van der Waals surface area contributed by atoms with Gasteiger partial charge in [0.05, 0.1) is 12.2 Å². The molecule has 0 bridgehead atoms. The summed E-state index contributed by atoms with van der Waals surface area (Å²) in [6, 6.07) is 5.20. The fourth-order valence-electron chi connectivity index (χ4n) is 1.76. The summed E-state index contributed by atoms with van der Waals surface area (Å²) in [6.07, 6.45) is 3.17. The number of pyridine rings is 2. The smallest absolute Gasteiger partial charge is 0.244 e. The van der Waals surface area contributed by atoms with E-state index in [0.29, 0.717) is 16.0 Å². The summed E-state index contributed by atoms with van der Waals surface area (Å²) in [4.78, 5) is 8.30. The third kappa shape index (κ3) is 3.78. The monoisotopic (exact) mass is 370 g/mol. The van der Waals surface area contributed by atoms with Crippen LogP contribution in [-0.2, 0) is 16.6 Å². The molecule has 2 N–H and O–H groups in total. The Labute approximate surface area is 132 Å². The van der Waals surface area contributed by atoms with Gasteiger partial charge in [0.15, 0.2) is 0 Å². The third-order valence-electron chi connectivity index (χ3n) is 2.89. The fourth-order valence-corrected chi connectivity index (χ4v) is 3.41. The summed E-state index contributed by atoms with van der Waals surface area (Å²) in [5.41, 5.74) is 1.62. The second-order valence-corrected chi connectivity index (χ2v) is 6.99. The maximum atomic E-state index is 12.4. The summed E-state index contributed by atoms with van der Waals surface area (Å²) >= 11 is 3.23. The first kappa shape index (κ1) is 15.9. The lowest BCUT2D eigenvalue weighted by molar-refractivity contribution is 0.580. The molecular formula is C13H15BrN4O2S. The molecule has 2 rings (SSSR count). The van der Waals surface area contributed by atoms with Gasteiger partial charge in [0.25, 0.3) is 0 Å². The van der Waals surface area contributed by atoms with Crippen LogP contribution in [0.15, 0.2) is 40.0 Å². The number of aromatic nitrogens is 2. The molecule has 0 aliphatic carbocycles. The van der Waals surface area contributed by atoms with E-state index in [1.807, 2.05) is 19.1 Å². The molecule has 0 spiro atoms. The van der Waals surface area contributed by atoms with Crippen molar-refractivity contribution in [2.24, 2.45) is 0 Å². The predicted octanol–water partition coefficient (Wildman–Crippen LogP) is 2.07. The van der Waals surface area contributed by atoms with Gasteiger partial charge in [0, 0.05) is 23.9 Å². The van der Waals surface area contributed by atoms with Crippen molar-refractivity contribution in [1.82, 2.24) is 14.7 Å². The molecular weight excluding hydrogens is 356 g/mol. The number of aryl methyl sites for hydroxylation is 1. The predicted molar refractivity (Wildman–Crippen MR) is 84.5 cm³/mol. The molecule has 0 radical (unpaired) electrons. The van der Waals surface area contributed by atoms with Crippen molar-refractivity contribution in [1.29, 1.82) is 0 Å². The van der Waals surface area contributed by atoms with Gasteiger partial charge in [-0.25, -0.2) is 18.1 Å². The van der Waals surface area contributed by atoms with E-state index in [1.165, 1.54) is 12.3 Å². The molecule has 0 fully saturated rings. The van der Waals surface area contributed by atoms with E-state index in [2.05, 4.69) is 35.9 Å². The van der Waals surface area contributed by atoms with Crippen LogP contribution in [0.5, 0.6) is 0 Å². The lowest BCUT2D eigenvalue weighted by Crippen LogP contribution is -2.25. The van der Waals surface area contributed by atoms with Crippen molar-refractivity contribution in [3.63, 3.8) is 0 Å². The van der Waals surface area contributed by atoms with Gasteiger partial charge in [0.1, 0.15) is 10.7 Å². The number of hydrogen-bond acceptors (Lipinski definition) is 5. The minimum absolute atomic E-state index is 0.0907. The van der Waals surface area contributed by atoms with Crippen LogP contribution in [0.4, 0.5) is 5.82 Å². The average molecular weight is 371 g/mol. The van der Waals surface area contributed by atoms with Crippen LogP contribution < -0.4 is 10.0 Å². The lowest BCUT2D eigenvalue weighted by atomic mass is 10.2. The van der Waals surface area contributed by atoms with Gasteiger partial charge in [-0.05, 0) is 40.5 Å². The van der Waals surface area contributed by atoms with Crippen molar-refractivity contribution in [3.8, 4) is 0 Å². The Bertz CT molecular complexity index is 750. The Balaban J connectivity index is 2.27. The number of hydrogen-bond donors (Lipinski definition) is 2. The molecule has 21 heavy (non-hydrogen) atoms. The van der Waals surface area contributed by atoms with E-state index in [4.69, 9.17) is 0 Å². The van der Waals surface area contributed by atoms with Crippen LogP contribution in [0, 0.1) is 6.92 Å². The maximum absolute atomic E-state index is 12.4. The molecule has 8 heteroatoms. The largest absolute Gasteiger partial charge is 0.372 e. The van der Waals surface area contributed by atoms with E-state index in [9.17, 15) is 8.42 Å². The van der Waals surface area contributed by atoms with E-state index >= 15 is 0 Å². The van der Waals surface area contributed by atoms with Crippen molar-refractivity contribution in [2.75, 3.05) is 12.4 Å². The highest BCUT2D eigenvalue weighted by atomic mass is 79.9. The van der Waals surface area contributed by atoms with Gasteiger partial charge in [-0.1, -0.05) is 6.07 Å². The number of anilines is 1. The zero-order chi connectivity index (χ0) is 15.5. The van der Waals surface area contributed by atoms with Crippen LogP contribution in [0.2, 0.25) is 0 Å². The second-order valence-electron chi connectivity index (χ2n) is 4.34. The standard InChI is InChI=1S/C13H15BrN4O2S/c1-9-4-3-5-16-11(9)8-18-21(19,20)12-6-10(14)7-17-13(12)15-2/h3-7,18H,8H2,1-2H3,(H,15,17). The van der Waals surface area contributed by atoms with Gasteiger partial charge in [0.2, 0.25) is 10.0 Å². The summed E-state index contributed by atoms with van der Waals surface area (Å²) in [7, 11) is -2.06. The highest BCUT2D eigenvalue weighted by Crippen LogP contribution is 2.22. The SMILES string of the molecule is CNc1ncc(Br)cc1S(=O)(=O)NCc1ncccc1C. The highest BCUT2D eigenvalue weighted by Gasteiger charge is 2.20. The van der Waals surface area contributed by atoms with Gasteiger partial charge in [-0.15, -0.1) is 0 Å². The van der Waals surface area contributed by atoms with E-state index in [1.54, 1.807) is 13.2 Å². The molecule has 2 aromatic rings. The number of nitrogens with zero attached hydrogens (tertiary/aromatic N) is 2. The average Bonchev–Trinajstić information content (AvgIpc) is 2.46. The summed E-state index contributed by atoms with van der Waals surface area (Å²) in [5, 5.41) is 2.77. The number of sulfonamides is 1. The molecule has 2 aromatic heterocycles. The Morgan fingerprint density at radius 2 is 2.10 bits per heavy atom. The van der Waals surface area contributed by atoms with E-state index < -0.39 is 10.0 Å². The van der Waals surface area contributed by atoms with E-state index in [-0.39, 0.29) is 11.4 Å². The second kappa shape index (κ2) is 6.50. The summed E-state index contributed by atoms with van der Waals surface area (Å²) < 4.78 is 28.0. The zero-order valence-electron chi connectivity index (χ0n) is 11.6. The van der Waals surface area contributed by atoms with Gasteiger partial charge in [-0.3, -0.25) is 4.98 Å². The summed E-state index contributed by atoms with van der Waals surface area (Å²) in [5.74, 6) is 0.295. The molecule has 112 valence electrons. The van der Waals surface area contributed by atoms with Gasteiger partial charge >= 0.3 is 0 Å². The topological polar surface area (TPSA) is 84.0 Å². The first-order valence-electron chi connectivity index (χ1n) is 6.17. The first-order chi connectivity index (χ1) is 9.94. The highest BCUT2D eigenvalue weighted by molar-refractivity contribution is 9.10. The fraction of sp³-hybridized carbons (Fsp3) is 0.231. The molecule has 0 saturated carbocycles. The third-order valence-corrected chi connectivity index (χ3v) is 4.74. The molecule has 0 aliphatic rings. The van der Waals surface area contributed by atoms with Gasteiger partial charge < -0.3 is 5.32 Å². The van der Waals surface area contributed by atoms with Crippen LogP contribution in [0.1, 0.15) is 11.3 Å². The number of nitrogens with one attached hydrogen (secondary N) is 2. The molecule has 0 aliphatic heterocycles. The number of rotatable bonds is 5. The molecule has 0 unspecified atom stereocenters. The zero-order valence-corrected chi connectivity index (χ0v) is 14.0. The van der Waals surface area contributed by atoms with Gasteiger partial charge in [-0.2, -0.15) is 0 Å². The summed E-state index contributed by atoms with van der Waals surface area (Å²) in [6.45, 7) is 2.01. The Morgan fingerprint density at radius 1 is 1.33 bits per heavy atom. The Kier molecular flexibility index (Phi) is 4.92. The van der Waals surface area contributed by atoms with E-state index in [0.717, 1.165) is 5.56 Å². The maximum Gasteiger partial charge on any atom is 0.244 e. The number of halogens is 1. The minimum Gasteiger partial charge on any atom is -0.372 e. The molecule has 0 atom stereocenters. The quantitative estimate of drug-likeness (QED) is 0.841. The Morgan fingerprint density at radius 3 is 2.76 bits per heavy atom. The molecule has 0 saturated heterocycles. The van der Waals surface area contributed by atoms with Crippen LogP contribution in [-0.4, -0.2) is 25.4 Å². The molecule has 6 nitrogen and oxygen atoms in total.